The molecule has 0 radical (unpaired) electrons. The van der Waals surface area contributed by atoms with Crippen molar-refractivity contribution < 1.29 is 31.1 Å². The van der Waals surface area contributed by atoms with Crippen LogP contribution in [0.2, 0.25) is 5.02 Å². The van der Waals surface area contributed by atoms with Gasteiger partial charge in [0.25, 0.3) is 5.92 Å². The van der Waals surface area contributed by atoms with Crippen molar-refractivity contribution in [3.8, 4) is 5.75 Å². The minimum atomic E-state index is -4.84. The van der Waals surface area contributed by atoms with Crippen LogP contribution in [0.1, 0.15) is 122 Å². The number of hydrogen-bond acceptors (Lipinski definition) is 2. The normalized spacial score (nSPS) is 11.9. The second-order valence-electron chi connectivity index (χ2n) is 9.92. The Bertz CT molecular complexity index is 1350. The molecular weight excluding hydrogens is 672 g/mol. The predicted molar refractivity (Wildman–Crippen MR) is 206 cm³/mol. The molecule has 0 amide bonds. The van der Waals surface area contributed by atoms with Gasteiger partial charge in [-0.05, 0) is 79.9 Å². The number of para-hydroxylation sites is 2. The second kappa shape index (κ2) is 27.3. The molecule has 1 aliphatic carbocycles. The van der Waals surface area contributed by atoms with Gasteiger partial charge in [-0.25, -0.2) is 13.2 Å². The topological polar surface area (TPSA) is 21.3 Å². The van der Waals surface area contributed by atoms with Crippen LogP contribution in [0.3, 0.4) is 0 Å². The molecule has 50 heavy (non-hydrogen) atoms. The number of benzene rings is 3. The van der Waals surface area contributed by atoms with E-state index >= 15 is 4.39 Å². The van der Waals surface area contributed by atoms with Crippen molar-refractivity contribution in [2.45, 2.75) is 120 Å². The third-order valence-corrected chi connectivity index (χ3v) is 6.54. The van der Waals surface area contributed by atoms with Crippen LogP contribution < -0.4 is 10.1 Å². The maximum atomic E-state index is 15.2. The van der Waals surface area contributed by atoms with Crippen molar-refractivity contribution in [1.29, 1.82) is 0 Å². The number of nitrogens with one attached hydrogen (secondary N) is 1. The molecule has 0 aromatic heterocycles. The molecule has 1 atom stereocenters. The van der Waals surface area contributed by atoms with Crippen molar-refractivity contribution in [1.82, 2.24) is 0 Å². The van der Waals surface area contributed by atoms with Crippen LogP contribution in [0, 0.1) is 13.8 Å². The Labute approximate surface area is 304 Å². The quantitative estimate of drug-likeness (QED) is 0.193. The molecule has 1 fully saturated rings. The lowest BCUT2D eigenvalue weighted by atomic mass is 9.93. The van der Waals surface area contributed by atoms with E-state index in [1.807, 2.05) is 62.3 Å². The van der Waals surface area contributed by atoms with E-state index in [4.69, 9.17) is 16.3 Å². The lowest BCUT2D eigenvalue weighted by molar-refractivity contribution is -0.139. The highest BCUT2D eigenvalue weighted by atomic mass is 35.5. The summed E-state index contributed by atoms with van der Waals surface area (Å²) < 4.78 is 91.0. The maximum Gasteiger partial charge on any atom is 0.399 e. The maximum absolute atomic E-state index is 15.2. The summed E-state index contributed by atoms with van der Waals surface area (Å²) in [6.45, 7) is 25.1. The summed E-state index contributed by atoms with van der Waals surface area (Å²) in [6.07, 6.45) is 1.78. The Morgan fingerprint density at radius 3 is 1.76 bits per heavy atom. The number of allylic oxidation sites excluding steroid dienone is 2. The molecule has 1 aliphatic rings. The fraction of sp³-hybridized carbons (Fsp3) is 0.463. The van der Waals surface area contributed by atoms with Gasteiger partial charge in [0.05, 0.1) is 12.8 Å². The first-order valence-electron chi connectivity index (χ1n) is 17.3. The molecule has 4 rings (SSSR count). The van der Waals surface area contributed by atoms with Crippen LogP contribution in [-0.2, 0) is 5.92 Å². The van der Waals surface area contributed by atoms with Gasteiger partial charge in [0, 0.05) is 28.8 Å². The van der Waals surface area contributed by atoms with E-state index in [9.17, 15) is 22.0 Å². The van der Waals surface area contributed by atoms with Crippen LogP contribution in [0.4, 0.5) is 37.7 Å². The molecule has 3 aromatic rings. The number of hydrogen-bond donors (Lipinski definition) is 1. The van der Waals surface area contributed by atoms with E-state index < -0.39 is 35.0 Å². The average Bonchev–Trinajstić information content (AvgIpc) is 3.99. The molecule has 0 heterocycles. The number of rotatable bonds is 7. The van der Waals surface area contributed by atoms with Crippen molar-refractivity contribution in [2.75, 3.05) is 12.4 Å². The average molecular weight is 732 g/mol. The van der Waals surface area contributed by atoms with Crippen LogP contribution in [-0.4, -0.2) is 13.3 Å². The summed E-state index contributed by atoms with van der Waals surface area (Å²) in [7, 11) is 1.42. The molecule has 0 spiro atoms. The van der Waals surface area contributed by atoms with E-state index in [0.717, 1.165) is 18.2 Å². The lowest BCUT2D eigenvalue weighted by Crippen LogP contribution is -2.19. The van der Waals surface area contributed by atoms with Gasteiger partial charge in [-0.2, -0.15) is 13.2 Å². The first kappa shape index (κ1) is 51.0. The zero-order valence-electron chi connectivity index (χ0n) is 32.3. The molecule has 3 aromatic carbocycles. The van der Waals surface area contributed by atoms with E-state index in [1.54, 1.807) is 44.2 Å². The van der Waals surface area contributed by atoms with Gasteiger partial charge in [0.15, 0.2) is 0 Å². The summed E-state index contributed by atoms with van der Waals surface area (Å²) in [4.78, 5) is 0. The van der Waals surface area contributed by atoms with Crippen LogP contribution in [0.5, 0.6) is 5.75 Å². The second-order valence-corrected chi connectivity index (χ2v) is 10.3. The minimum Gasteiger partial charge on any atom is -0.495 e. The molecule has 0 bridgehead atoms. The Morgan fingerprint density at radius 2 is 1.34 bits per heavy atom. The highest BCUT2D eigenvalue weighted by molar-refractivity contribution is 6.31. The monoisotopic (exact) mass is 731 g/mol. The minimum absolute atomic E-state index is 0.0446. The zero-order valence-corrected chi connectivity index (χ0v) is 33.1. The zero-order chi connectivity index (χ0) is 39.7. The third-order valence-electron chi connectivity index (χ3n) is 6.15. The summed E-state index contributed by atoms with van der Waals surface area (Å²) in [6, 6.07) is 12.2. The van der Waals surface area contributed by atoms with Gasteiger partial charge in [-0.15, -0.1) is 6.58 Å². The Morgan fingerprint density at radius 1 is 0.840 bits per heavy atom. The van der Waals surface area contributed by atoms with Crippen molar-refractivity contribution in [3.63, 3.8) is 0 Å². The summed E-state index contributed by atoms with van der Waals surface area (Å²) in [5.41, 5.74) is 0.212. The number of halogens is 7. The largest absolute Gasteiger partial charge is 0.495 e. The summed E-state index contributed by atoms with van der Waals surface area (Å²) in [5.74, 6) is -6.66. The number of anilines is 2. The van der Waals surface area contributed by atoms with Crippen molar-refractivity contribution in [3.05, 3.63) is 106 Å². The van der Waals surface area contributed by atoms with Crippen LogP contribution in [0.25, 0.3) is 5.83 Å². The molecular formula is C41H60ClF6NO. The Balaban J connectivity index is -0.00000136. The number of alkyl halides is 5. The molecule has 0 saturated heterocycles. The van der Waals surface area contributed by atoms with Gasteiger partial charge in [-0.3, -0.25) is 0 Å². The van der Waals surface area contributed by atoms with Gasteiger partial charge >= 0.3 is 6.18 Å². The lowest BCUT2D eigenvalue weighted by Gasteiger charge is -2.21. The van der Waals surface area contributed by atoms with E-state index in [1.165, 1.54) is 38.5 Å². The molecule has 9 heteroatoms. The summed E-state index contributed by atoms with van der Waals surface area (Å²) >= 11 is 6.06. The standard InChI is InChI=1S/C27H24ClF6NO.2C3H6.4C2H6/c1-15-11-18(13-21(28)16(15)2)19(27(32,33)34)14-22(29)17-9-10-23(20(12-17)26(3,30)31)35-24-7-5-6-8-25(24)36-4;1-2-3-1;1-3-2;4*1-2/h5-14,19,35H,1-4H3;1-3H2;3H,1H2,2H3;4*1-2H3/b22-14-;;;;;;. The van der Waals surface area contributed by atoms with Crippen molar-refractivity contribution >= 4 is 28.8 Å². The number of aryl methyl sites for hydroxylation is 1. The fourth-order valence-corrected chi connectivity index (χ4v) is 3.98. The molecule has 0 aliphatic heterocycles. The Hall–Kier alpha value is -3.39. The molecule has 1 N–H and O–H groups in total. The van der Waals surface area contributed by atoms with Crippen LogP contribution >= 0.6 is 11.6 Å². The Kier molecular flexibility index (Phi) is 27.9. The van der Waals surface area contributed by atoms with Gasteiger partial charge in [0.2, 0.25) is 0 Å². The SMILES string of the molecule is C1CC1.C=CC.CC.CC.CC.CC.COc1ccccc1Nc1ccc(/C(F)=C/C(c2cc(C)c(C)c(Cl)c2)C(F)(F)F)cc1C(C)(F)F. The van der Waals surface area contributed by atoms with Crippen LogP contribution in [0.15, 0.2) is 73.3 Å². The molecule has 2 nitrogen and oxygen atoms in total. The molecule has 1 unspecified atom stereocenters. The fourth-order valence-electron chi connectivity index (χ4n) is 3.70. The third kappa shape index (κ3) is 18.6. The smallest absolute Gasteiger partial charge is 0.399 e. The van der Waals surface area contributed by atoms with E-state index in [0.29, 0.717) is 35.6 Å². The highest BCUT2D eigenvalue weighted by Crippen LogP contribution is 2.42. The highest BCUT2D eigenvalue weighted by Gasteiger charge is 2.40. The predicted octanol–water partition coefficient (Wildman–Crippen LogP) is 15.9. The van der Waals surface area contributed by atoms with Crippen molar-refractivity contribution in [2.24, 2.45) is 0 Å². The van der Waals surface area contributed by atoms with E-state index in [2.05, 4.69) is 11.9 Å². The van der Waals surface area contributed by atoms with Gasteiger partial charge < -0.3 is 10.1 Å². The number of methoxy groups -OCH3 is 1. The van der Waals surface area contributed by atoms with E-state index in [-0.39, 0.29) is 16.3 Å². The van der Waals surface area contributed by atoms with Gasteiger partial charge in [0.1, 0.15) is 17.5 Å². The summed E-state index contributed by atoms with van der Waals surface area (Å²) in [5, 5.41) is 2.95. The molecule has 1 saturated carbocycles. The first-order valence-corrected chi connectivity index (χ1v) is 17.7. The van der Waals surface area contributed by atoms with Gasteiger partial charge in [-0.1, -0.05) is 111 Å². The number of ether oxygens (including phenoxy) is 1. The first-order chi connectivity index (χ1) is 23.6. The molecule has 284 valence electrons.